The maximum absolute atomic E-state index is 12.2. The number of rotatable bonds is 5. The Balaban J connectivity index is 2.19. The number of benzene rings is 1. The number of aryl methyl sites for hydroxylation is 1. The molecule has 2 rings (SSSR count). The number of anilines is 2. The molecule has 0 saturated carbocycles. The Morgan fingerprint density at radius 3 is 2.40 bits per heavy atom. The van der Waals surface area contributed by atoms with Gasteiger partial charge in [0.15, 0.2) is 0 Å². The van der Waals surface area contributed by atoms with E-state index in [1.807, 2.05) is 12.1 Å². The molecule has 0 aliphatic carbocycles. The van der Waals surface area contributed by atoms with E-state index in [1.54, 1.807) is 18.2 Å². The second-order valence-corrected chi connectivity index (χ2v) is 6.16. The Bertz CT molecular complexity index is 665. The number of hydrogen-bond acceptors (Lipinski definition) is 4. The van der Waals surface area contributed by atoms with Crippen LogP contribution in [0.4, 0.5) is 11.5 Å². The molecular weight excluding hydrogens is 274 g/mol. The summed E-state index contributed by atoms with van der Waals surface area (Å²) in [6.45, 7) is 2.08. The summed E-state index contributed by atoms with van der Waals surface area (Å²) in [6, 6.07) is 9.98. The van der Waals surface area contributed by atoms with E-state index in [1.165, 1.54) is 12.3 Å². The maximum atomic E-state index is 12.2. The highest BCUT2D eigenvalue weighted by Crippen LogP contribution is 2.16. The van der Waals surface area contributed by atoms with E-state index in [0.717, 1.165) is 18.4 Å². The molecule has 1 aromatic carbocycles. The van der Waals surface area contributed by atoms with Crippen LogP contribution >= 0.6 is 0 Å². The normalized spacial score (nSPS) is 11.2. The molecule has 0 bridgehead atoms. The quantitative estimate of drug-likeness (QED) is 0.886. The van der Waals surface area contributed by atoms with Crippen molar-refractivity contribution in [1.29, 1.82) is 0 Å². The van der Waals surface area contributed by atoms with Gasteiger partial charge in [-0.05, 0) is 36.2 Å². The second kappa shape index (κ2) is 5.92. The zero-order chi connectivity index (χ0) is 14.6. The van der Waals surface area contributed by atoms with Crippen molar-refractivity contribution < 1.29 is 8.42 Å². The molecule has 5 nitrogen and oxygen atoms in total. The first-order chi connectivity index (χ1) is 9.51. The fourth-order valence-electron chi connectivity index (χ4n) is 1.79. The van der Waals surface area contributed by atoms with E-state index in [9.17, 15) is 8.42 Å². The van der Waals surface area contributed by atoms with Crippen molar-refractivity contribution in [3.63, 3.8) is 0 Å². The Morgan fingerprint density at radius 1 is 1.15 bits per heavy atom. The molecule has 0 amide bonds. The summed E-state index contributed by atoms with van der Waals surface area (Å²) in [5, 5.41) is 0. The van der Waals surface area contributed by atoms with Crippen LogP contribution in [-0.4, -0.2) is 13.4 Å². The topological polar surface area (TPSA) is 85.1 Å². The minimum Gasteiger partial charge on any atom is -0.397 e. The Morgan fingerprint density at radius 2 is 1.85 bits per heavy atom. The lowest BCUT2D eigenvalue weighted by Crippen LogP contribution is -2.13. The summed E-state index contributed by atoms with van der Waals surface area (Å²) in [4.78, 5) is 4.14. The first kappa shape index (κ1) is 14.3. The van der Waals surface area contributed by atoms with Crippen molar-refractivity contribution >= 4 is 21.5 Å². The minimum absolute atomic E-state index is 0.218. The number of nitrogens with zero attached hydrogens (tertiary/aromatic N) is 1. The Kier molecular flexibility index (Phi) is 4.24. The third-order valence-electron chi connectivity index (χ3n) is 2.80. The molecule has 20 heavy (non-hydrogen) atoms. The van der Waals surface area contributed by atoms with Crippen LogP contribution in [0.1, 0.15) is 18.9 Å². The highest BCUT2D eigenvalue weighted by molar-refractivity contribution is 7.92. The number of sulfonamides is 1. The summed E-state index contributed by atoms with van der Waals surface area (Å²) in [5.74, 6) is 0.247. The summed E-state index contributed by atoms with van der Waals surface area (Å²) in [6.07, 6.45) is 3.37. The maximum Gasteiger partial charge on any atom is 0.263 e. The predicted octanol–water partition coefficient (Wildman–Crippen LogP) is 2.42. The molecule has 0 radical (unpaired) electrons. The molecule has 3 N–H and O–H groups in total. The molecule has 0 saturated heterocycles. The van der Waals surface area contributed by atoms with Gasteiger partial charge in [0.25, 0.3) is 10.0 Å². The lowest BCUT2D eigenvalue weighted by molar-refractivity contribution is 0.601. The van der Waals surface area contributed by atoms with Crippen molar-refractivity contribution in [3.05, 3.63) is 48.2 Å². The number of hydrogen-bond donors (Lipinski definition) is 2. The number of nitrogens with one attached hydrogen (secondary N) is 1. The SMILES string of the molecule is CCCc1ccc(S(=O)(=O)Nc2ccc(N)cn2)cc1. The van der Waals surface area contributed by atoms with Gasteiger partial charge >= 0.3 is 0 Å². The monoisotopic (exact) mass is 291 g/mol. The number of aromatic nitrogens is 1. The lowest BCUT2D eigenvalue weighted by Gasteiger charge is -2.08. The number of nitrogens with two attached hydrogens (primary N) is 1. The second-order valence-electron chi connectivity index (χ2n) is 4.48. The number of nitrogen functional groups attached to an aromatic ring is 1. The van der Waals surface area contributed by atoms with E-state index < -0.39 is 10.0 Å². The average Bonchev–Trinajstić information content (AvgIpc) is 2.42. The van der Waals surface area contributed by atoms with Crippen molar-refractivity contribution in [3.8, 4) is 0 Å². The molecule has 0 aliphatic rings. The summed E-state index contributed by atoms with van der Waals surface area (Å²) in [5.41, 5.74) is 7.11. The molecule has 0 atom stereocenters. The van der Waals surface area contributed by atoms with Gasteiger partial charge in [0.2, 0.25) is 0 Å². The van der Waals surface area contributed by atoms with Crippen LogP contribution in [0.5, 0.6) is 0 Å². The molecule has 6 heteroatoms. The van der Waals surface area contributed by atoms with E-state index >= 15 is 0 Å². The van der Waals surface area contributed by atoms with Crippen LogP contribution in [0.3, 0.4) is 0 Å². The van der Waals surface area contributed by atoms with Gasteiger partial charge in [-0.1, -0.05) is 25.5 Å². The Hall–Kier alpha value is -2.08. The van der Waals surface area contributed by atoms with E-state index in [4.69, 9.17) is 5.73 Å². The van der Waals surface area contributed by atoms with Gasteiger partial charge in [-0.25, -0.2) is 13.4 Å². The van der Waals surface area contributed by atoms with Gasteiger partial charge in [0, 0.05) is 0 Å². The van der Waals surface area contributed by atoms with Crippen LogP contribution < -0.4 is 10.5 Å². The molecule has 0 fully saturated rings. The van der Waals surface area contributed by atoms with Gasteiger partial charge in [0.05, 0.1) is 16.8 Å². The minimum atomic E-state index is -3.61. The molecule has 1 heterocycles. The van der Waals surface area contributed by atoms with Crippen LogP contribution in [0, 0.1) is 0 Å². The molecule has 0 spiro atoms. The fraction of sp³-hybridized carbons (Fsp3) is 0.214. The summed E-state index contributed by atoms with van der Waals surface area (Å²) < 4.78 is 26.8. The van der Waals surface area contributed by atoms with Crippen molar-refractivity contribution in [2.75, 3.05) is 10.5 Å². The van der Waals surface area contributed by atoms with Gasteiger partial charge < -0.3 is 5.73 Å². The average molecular weight is 291 g/mol. The van der Waals surface area contributed by atoms with Crippen molar-refractivity contribution in [2.45, 2.75) is 24.7 Å². The fourth-order valence-corrected chi connectivity index (χ4v) is 2.79. The van der Waals surface area contributed by atoms with Crippen LogP contribution in [0.25, 0.3) is 0 Å². The molecule has 2 aromatic rings. The zero-order valence-corrected chi connectivity index (χ0v) is 12.0. The van der Waals surface area contributed by atoms with Gasteiger partial charge in [0.1, 0.15) is 5.82 Å². The molecular formula is C14H17N3O2S. The Labute approximate surface area is 118 Å². The molecule has 106 valence electrons. The van der Waals surface area contributed by atoms with E-state index in [0.29, 0.717) is 5.69 Å². The molecule has 1 aromatic heterocycles. The van der Waals surface area contributed by atoms with Crippen LogP contribution in [0.2, 0.25) is 0 Å². The highest BCUT2D eigenvalue weighted by Gasteiger charge is 2.14. The predicted molar refractivity (Wildman–Crippen MR) is 79.9 cm³/mol. The molecule has 0 aliphatic heterocycles. The zero-order valence-electron chi connectivity index (χ0n) is 11.2. The van der Waals surface area contributed by atoms with Gasteiger partial charge in [-0.2, -0.15) is 0 Å². The van der Waals surface area contributed by atoms with Gasteiger partial charge in [-0.3, -0.25) is 4.72 Å². The van der Waals surface area contributed by atoms with Crippen LogP contribution in [0.15, 0.2) is 47.5 Å². The van der Waals surface area contributed by atoms with Crippen LogP contribution in [-0.2, 0) is 16.4 Å². The smallest absolute Gasteiger partial charge is 0.263 e. The lowest BCUT2D eigenvalue weighted by atomic mass is 10.1. The van der Waals surface area contributed by atoms with Crippen molar-refractivity contribution in [2.24, 2.45) is 0 Å². The third-order valence-corrected chi connectivity index (χ3v) is 4.17. The first-order valence-corrected chi connectivity index (χ1v) is 7.83. The highest BCUT2D eigenvalue weighted by atomic mass is 32.2. The van der Waals surface area contributed by atoms with E-state index in [2.05, 4.69) is 16.6 Å². The standard InChI is InChI=1S/C14H17N3O2S/c1-2-3-11-4-7-13(8-5-11)20(18,19)17-14-9-6-12(15)10-16-14/h4-10H,2-3,15H2,1H3,(H,16,17). The largest absolute Gasteiger partial charge is 0.397 e. The first-order valence-electron chi connectivity index (χ1n) is 6.34. The van der Waals surface area contributed by atoms with Gasteiger partial charge in [-0.15, -0.1) is 0 Å². The third kappa shape index (κ3) is 3.48. The van der Waals surface area contributed by atoms with Crippen molar-refractivity contribution in [1.82, 2.24) is 4.98 Å². The van der Waals surface area contributed by atoms with E-state index in [-0.39, 0.29) is 10.7 Å². The number of pyridine rings is 1. The molecule has 0 unspecified atom stereocenters. The summed E-state index contributed by atoms with van der Waals surface area (Å²) >= 11 is 0. The summed E-state index contributed by atoms with van der Waals surface area (Å²) in [7, 11) is -3.61.